The molecule has 134 valence electrons. The number of ether oxygens (including phenoxy) is 1. The van der Waals surface area contributed by atoms with E-state index in [1.54, 1.807) is 12.1 Å². The third-order valence-corrected chi connectivity index (χ3v) is 4.12. The van der Waals surface area contributed by atoms with Crippen molar-refractivity contribution in [2.75, 3.05) is 11.9 Å². The van der Waals surface area contributed by atoms with Crippen molar-refractivity contribution in [3.05, 3.63) is 48.2 Å². The van der Waals surface area contributed by atoms with Crippen molar-refractivity contribution >= 4 is 11.7 Å². The number of halogens is 1. The fourth-order valence-electron chi connectivity index (χ4n) is 2.82. The van der Waals surface area contributed by atoms with Gasteiger partial charge in [0.25, 0.3) is 0 Å². The first kappa shape index (κ1) is 17.3. The van der Waals surface area contributed by atoms with Gasteiger partial charge in [0.05, 0.1) is 24.6 Å². The number of benzene rings is 1. The molecular weight excluding hydrogens is 327 g/mol. The molecule has 0 bridgehead atoms. The summed E-state index contributed by atoms with van der Waals surface area (Å²) in [6.07, 6.45) is 4.59. The molecule has 1 atom stereocenters. The van der Waals surface area contributed by atoms with Gasteiger partial charge in [0.2, 0.25) is 0 Å². The number of anilines is 1. The first-order valence-corrected chi connectivity index (χ1v) is 8.34. The van der Waals surface area contributed by atoms with Crippen LogP contribution in [0.4, 0.5) is 14.9 Å². The molecule has 6 nitrogen and oxygen atoms in total. The van der Waals surface area contributed by atoms with Crippen molar-refractivity contribution in [3.8, 4) is 5.75 Å². The minimum Gasteiger partial charge on any atom is -0.488 e. The second-order valence-electron chi connectivity index (χ2n) is 6.03. The van der Waals surface area contributed by atoms with Crippen LogP contribution in [0.5, 0.6) is 5.75 Å². The number of hydrogen-bond donors (Lipinski definition) is 3. The van der Waals surface area contributed by atoms with Crippen LogP contribution in [0.15, 0.2) is 41.0 Å². The fraction of sp³-hybridized carbons (Fsp3) is 0.389. The lowest BCUT2D eigenvalue weighted by Crippen LogP contribution is -2.32. The Morgan fingerprint density at radius 2 is 2.16 bits per heavy atom. The molecule has 25 heavy (non-hydrogen) atoms. The molecular formula is C18H21FN2O4. The van der Waals surface area contributed by atoms with Gasteiger partial charge in [0.1, 0.15) is 23.4 Å². The Labute approximate surface area is 145 Å². The number of furan rings is 1. The number of aliphatic hydroxyl groups excluding tert-OH is 1. The number of aliphatic hydroxyl groups is 1. The molecule has 0 radical (unpaired) electrons. The van der Waals surface area contributed by atoms with Gasteiger partial charge in [-0.2, -0.15) is 0 Å². The Morgan fingerprint density at radius 3 is 2.88 bits per heavy atom. The number of carbonyl (C=O) groups is 1. The van der Waals surface area contributed by atoms with E-state index in [9.17, 15) is 14.3 Å². The van der Waals surface area contributed by atoms with Gasteiger partial charge in [-0.1, -0.05) is 0 Å². The summed E-state index contributed by atoms with van der Waals surface area (Å²) in [7, 11) is 0. The van der Waals surface area contributed by atoms with Crippen molar-refractivity contribution in [3.63, 3.8) is 0 Å². The van der Waals surface area contributed by atoms with Crippen LogP contribution in [-0.4, -0.2) is 23.8 Å². The van der Waals surface area contributed by atoms with Gasteiger partial charge in [0, 0.05) is 6.07 Å². The number of amides is 2. The molecule has 0 saturated heterocycles. The molecule has 7 heteroatoms. The van der Waals surface area contributed by atoms with E-state index in [0.717, 1.165) is 25.7 Å². The first-order valence-electron chi connectivity index (χ1n) is 8.34. The summed E-state index contributed by atoms with van der Waals surface area (Å²) in [5, 5.41) is 15.1. The number of hydrogen-bond acceptors (Lipinski definition) is 4. The summed E-state index contributed by atoms with van der Waals surface area (Å²) in [5.41, 5.74) is 0.387. The molecule has 3 rings (SSSR count). The first-order chi connectivity index (χ1) is 12.1. The standard InChI is InChI=1S/C18H21FN2O4/c19-12-7-8-14(17(10-12)25-13-4-1-2-5-13)21-18(23)20-11-15(22)16-6-3-9-24-16/h3,6-10,13,15,22H,1-2,4-5,11H2,(H2,20,21,23)/t15-/m0/s1. The smallest absolute Gasteiger partial charge is 0.319 e. The van der Waals surface area contributed by atoms with Crippen LogP contribution in [0.3, 0.4) is 0 Å². The van der Waals surface area contributed by atoms with Gasteiger partial charge in [-0.15, -0.1) is 0 Å². The zero-order valence-corrected chi connectivity index (χ0v) is 13.7. The third-order valence-electron chi connectivity index (χ3n) is 4.12. The highest BCUT2D eigenvalue weighted by Gasteiger charge is 2.19. The van der Waals surface area contributed by atoms with Gasteiger partial charge in [0.15, 0.2) is 0 Å². The van der Waals surface area contributed by atoms with E-state index in [4.69, 9.17) is 9.15 Å². The fourth-order valence-corrected chi connectivity index (χ4v) is 2.82. The molecule has 1 aromatic carbocycles. The van der Waals surface area contributed by atoms with Gasteiger partial charge in [-0.25, -0.2) is 9.18 Å². The summed E-state index contributed by atoms with van der Waals surface area (Å²) in [5.74, 6) is 0.258. The Balaban J connectivity index is 1.58. The maximum Gasteiger partial charge on any atom is 0.319 e. The van der Waals surface area contributed by atoms with Crippen molar-refractivity contribution in [1.29, 1.82) is 0 Å². The van der Waals surface area contributed by atoms with Crippen molar-refractivity contribution in [2.45, 2.75) is 37.9 Å². The Morgan fingerprint density at radius 1 is 1.36 bits per heavy atom. The highest BCUT2D eigenvalue weighted by Crippen LogP contribution is 2.30. The van der Waals surface area contributed by atoms with Crippen LogP contribution < -0.4 is 15.4 Å². The number of rotatable bonds is 6. The summed E-state index contributed by atoms with van der Waals surface area (Å²) in [4.78, 5) is 12.0. The van der Waals surface area contributed by atoms with E-state index < -0.39 is 18.0 Å². The SMILES string of the molecule is O=C(NC[C@H](O)c1ccco1)Nc1ccc(F)cc1OC1CCCC1. The molecule has 0 unspecified atom stereocenters. The second kappa shape index (κ2) is 8.02. The number of urea groups is 1. The predicted molar refractivity (Wildman–Crippen MR) is 90.0 cm³/mol. The van der Waals surface area contributed by atoms with Crippen LogP contribution in [0.25, 0.3) is 0 Å². The molecule has 1 heterocycles. The quantitative estimate of drug-likeness (QED) is 0.745. The topological polar surface area (TPSA) is 83.7 Å². The minimum absolute atomic E-state index is 0.0145. The van der Waals surface area contributed by atoms with Crippen LogP contribution in [-0.2, 0) is 0 Å². The highest BCUT2D eigenvalue weighted by molar-refractivity contribution is 5.90. The van der Waals surface area contributed by atoms with Gasteiger partial charge in [-0.3, -0.25) is 0 Å². The largest absolute Gasteiger partial charge is 0.488 e. The average molecular weight is 348 g/mol. The van der Waals surface area contributed by atoms with Gasteiger partial charge >= 0.3 is 6.03 Å². The molecule has 0 spiro atoms. The molecule has 1 aliphatic rings. The van der Waals surface area contributed by atoms with E-state index in [1.165, 1.54) is 24.5 Å². The predicted octanol–water partition coefficient (Wildman–Crippen LogP) is 3.60. The zero-order chi connectivity index (χ0) is 17.6. The normalized spacial score (nSPS) is 15.8. The lowest BCUT2D eigenvalue weighted by molar-refractivity contribution is 0.149. The Kier molecular flexibility index (Phi) is 5.55. The van der Waals surface area contributed by atoms with Crippen LogP contribution in [0.2, 0.25) is 0 Å². The summed E-state index contributed by atoms with van der Waals surface area (Å²) >= 11 is 0. The van der Waals surface area contributed by atoms with Crippen LogP contribution in [0, 0.1) is 5.82 Å². The van der Waals surface area contributed by atoms with E-state index in [-0.39, 0.29) is 12.6 Å². The maximum atomic E-state index is 13.5. The highest BCUT2D eigenvalue weighted by atomic mass is 19.1. The second-order valence-corrected chi connectivity index (χ2v) is 6.03. The Bertz CT molecular complexity index is 699. The van der Waals surface area contributed by atoms with E-state index in [0.29, 0.717) is 17.2 Å². The maximum absolute atomic E-state index is 13.5. The lowest BCUT2D eigenvalue weighted by atomic mass is 10.2. The summed E-state index contributed by atoms with van der Waals surface area (Å²) in [6.45, 7) is -0.0145. The van der Waals surface area contributed by atoms with Crippen molar-refractivity contribution in [2.24, 2.45) is 0 Å². The lowest BCUT2D eigenvalue weighted by Gasteiger charge is -2.17. The molecule has 2 amide bonds. The van der Waals surface area contributed by atoms with Crippen LogP contribution >= 0.6 is 0 Å². The molecule has 1 aromatic heterocycles. The number of nitrogens with one attached hydrogen (secondary N) is 2. The monoisotopic (exact) mass is 348 g/mol. The molecule has 0 aliphatic heterocycles. The van der Waals surface area contributed by atoms with Gasteiger partial charge < -0.3 is 24.9 Å². The van der Waals surface area contributed by atoms with E-state index in [2.05, 4.69) is 10.6 Å². The minimum atomic E-state index is -0.942. The van der Waals surface area contributed by atoms with Crippen molar-refractivity contribution in [1.82, 2.24) is 5.32 Å². The average Bonchev–Trinajstić information content (AvgIpc) is 3.28. The molecule has 2 aromatic rings. The number of carbonyl (C=O) groups excluding carboxylic acids is 1. The van der Waals surface area contributed by atoms with Crippen LogP contribution in [0.1, 0.15) is 37.5 Å². The molecule has 1 fully saturated rings. The third kappa shape index (κ3) is 4.73. The summed E-state index contributed by atoms with van der Waals surface area (Å²) < 4.78 is 24.4. The molecule has 3 N–H and O–H groups in total. The van der Waals surface area contributed by atoms with E-state index >= 15 is 0 Å². The summed E-state index contributed by atoms with van der Waals surface area (Å²) in [6, 6.07) is 6.75. The van der Waals surface area contributed by atoms with E-state index in [1.807, 2.05) is 0 Å². The Hall–Kier alpha value is -2.54. The zero-order valence-electron chi connectivity index (χ0n) is 13.7. The molecule has 1 saturated carbocycles. The van der Waals surface area contributed by atoms with Crippen molar-refractivity contribution < 1.29 is 23.4 Å². The molecule has 1 aliphatic carbocycles. The van der Waals surface area contributed by atoms with Gasteiger partial charge in [-0.05, 0) is 49.9 Å².